The van der Waals surface area contributed by atoms with Gasteiger partial charge in [0.1, 0.15) is 11.5 Å². The molecule has 2 aromatic carbocycles. The largest absolute Gasteiger partial charge is 0.495 e. The molecule has 146 valence electrons. The molecule has 0 saturated carbocycles. The van der Waals surface area contributed by atoms with Crippen LogP contribution in [0.2, 0.25) is 5.02 Å². The maximum Gasteiger partial charge on any atom is 0.224 e. The summed E-state index contributed by atoms with van der Waals surface area (Å²) in [5, 5.41) is 3.49. The average Bonchev–Trinajstić information content (AvgIpc) is 2.61. The summed E-state index contributed by atoms with van der Waals surface area (Å²) < 4.78 is 11.1. The van der Waals surface area contributed by atoms with Crippen molar-refractivity contribution >= 4 is 23.2 Å². The summed E-state index contributed by atoms with van der Waals surface area (Å²) in [6.45, 7) is 8.83. The molecule has 1 N–H and O–H groups in total. The zero-order chi connectivity index (χ0) is 20.0. The van der Waals surface area contributed by atoms with Crippen molar-refractivity contribution < 1.29 is 14.3 Å². The van der Waals surface area contributed by atoms with Crippen LogP contribution < -0.4 is 14.8 Å². The molecule has 0 aliphatic heterocycles. The summed E-state index contributed by atoms with van der Waals surface area (Å²) in [6.07, 6.45) is 1.000. The van der Waals surface area contributed by atoms with Crippen LogP contribution in [0.25, 0.3) is 0 Å². The fourth-order valence-electron chi connectivity index (χ4n) is 2.95. The maximum absolute atomic E-state index is 12.2. The molecule has 0 bridgehead atoms. The fraction of sp³-hybridized carbons (Fsp3) is 0.409. The van der Waals surface area contributed by atoms with Crippen LogP contribution in [-0.4, -0.2) is 19.6 Å². The lowest BCUT2D eigenvalue weighted by atomic mass is 9.98. The van der Waals surface area contributed by atoms with Crippen molar-refractivity contribution in [1.29, 1.82) is 0 Å². The third-order valence-corrected chi connectivity index (χ3v) is 4.84. The van der Waals surface area contributed by atoms with E-state index in [9.17, 15) is 4.79 Å². The van der Waals surface area contributed by atoms with E-state index in [1.165, 1.54) is 11.1 Å². The molecule has 0 aliphatic carbocycles. The van der Waals surface area contributed by atoms with E-state index in [0.29, 0.717) is 41.8 Å². The Labute approximate surface area is 166 Å². The second-order valence-corrected chi connectivity index (χ2v) is 7.38. The first-order valence-electron chi connectivity index (χ1n) is 9.19. The van der Waals surface area contributed by atoms with Gasteiger partial charge in [0.05, 0.1) is 19.4 Å². The molecule has 1 amide bonds. The lowest BCUT2D eigenvalue weighted by Crippen LogP contribution is -2.13. The SMILES string of the molecule is COc1cc(Cl)c(C)cc1NC(=O)CCCOc1ccc(C(C)C)c(C)c1. The van der Waals surface area contributed by atoms with Gasteiger partial charge in [0.25, 0.3) is 0 Å². The van der Waals surface area contributed by atoms with E-state index in [-0.39, 0.29) is 5.91 Å². The predicted octanol–water partition coefficient (Wildman–Crippen LogP) is 5.89. The highest BCUT2D eigenvalue weighted by atomic mass is 35.5. The van der Waals surface area contributed by atoms with Crippen LogP contribution in [0.1, 0.15) is 49.3 Å². The summed E-state index contributed by atoms with van der Waals surface area (Å²) in [5.41, 5.74) is 4.07. The van der Waals surface area contributed by atoms with Gasteiger partial charge in [-0.1, -0.05) is 31.5 Å². The average molecular weight is 390 g/mol. The van der Waals surface area contributed by atoms with Gasteiger partial charge in [-0.15, -0.1) is 0 Å². The molecule has 0 aliphatic rings. The van der Waals surface area contributed by atoms with Crippen molar-refractivity contribution in [3.8, 4) is 11.5 Å². The van der Waals surface area contributed by atoms with Crippen LogP contribution in [0.3, 0.4) is 0 Å². The molecule has 0 spiro atoms. The van der Waals surface area contributed by atoms with E-state index in [2.05, 4.69) is 38.2 Å². The zero-order valence-electron chi connectivity index (χ0n) is 16.7. The van der Waals surface area contributed by atoms with Crippen LogP contribution in [-0.2, 0) is 4.79 Å². The van der Waals surface area contributed by atoms with Crippen molar-refractivity contribution in [1.82, 2.24) is 0 Å². The molecule has 2 aromatic rings. The highest BCUT2D eigenvalue weighted by Gasteiger charge is 2.11. The minimum Gasteiger partial charge on any atom is -0.495 e. The van der Waals surface area contributed by atoms with Crippen LogP contribution in [0.15, 0.2) is 30.3 Å². The molecule has 0 fully saturated rings. The number of hydrogen-bond donors (Lipinski definition) is 1. The Morgan fingerprint density at radius 3 is 2.52 bits per heavy atom. The molecule has 0 saturated heterocycles. The standard InChI is InChI=1S/C22H28ClNO3/c1-14(2)18-9-8-17(11-15(18)3)27-10-6-7-22(25)24-20-12-16(4)19(23)13-21(20)26-5/h8-9,11-14H,6-7,10H2,1-5H3,(H,24,25). The maximum atomic E-state index is 12.2. The van der Waals surface area contributed by atoms with Gasteiger partial charge in [-0.25, -0.2) is 0 Å². The number of nitrogens with one attached hydrogen (secondary N) is 1. The quantitative estimate of drug-likeness (QED) is 0.573. The van der Waals surface area contributed by atoms with Gasteiger partial charge in [0.15, 0.2) is 0 Å². The lowest BCUT2D eigenvalue weighted by Gasteiger charge is -2.13. The summed E-state index contributed by atoms with van der Waals surface area (Å²) >= 11 is 6.09. The third-order valence-electron chi connectivity index (χ3n) is 4.44. The predicted molar refractivity (Wildman–Crippen MR) is 111 cm³/mol. The minimum absolute atomic E-state index is 0.0787. The molecule has 0 aromatic heterocycles. The molecule has 0 radical (unpaired) electrons. The number of hydrogen-bond acceptors (Lipinski definition) is 3. The van der Waals surface area contributed by atoms with E-state index in [4.69, 9.17) is 21.1 Å². The Morgan fingerprint density at radius 2 is 1.89 bits per heavy atom. The monoisotopic (exact) mass is 389 g/mol. The zero-order valence-corrected chi connectivity index (χ0v) is 17.4. The second-order valence-electron chi connectivity index (χ2n) is 6.97. The third kappa shape index (κ3) is 5.90. The van der Waals surface area contributed by atoms with Gasteiger partial charge in [-0.3, -0.25) is 4.79 Å². The van der Waals surface area contributed by atoms with E-state index < -0.39 is 0 Å². The number of aryl methyl sites for hydroxylation is 2. The summed E-state index contributed by atoms with van der Waals surface area (Å²) in [4.78, 5) is 12.2. The Balaban J connectivity index is 1.83. The van der Waals surface area contributed by atoms with Gasteiger partial charge in [0.2, 0.25) is 5.91 Å². The smallest absolute Gasteiger partial charge is 0.224 e. The molecule has 5 heteroatoms. The topological polar surface area (TPSA) is 47.6 Å². The minimum atomic E-state index is -0.0787. The molecule has 27 heavy (non-hydrogen) atoms. The van der Waals surface area contributed by atoms with Gasteiger partial charge < -0.3 is 14.8 Å². The van der Waals surface area contributed by atoms with Crippen molar-refractivity contribution in [2.24, 2.45) is 0 Å². The Hall–Kier alpha value is -2.20. The number of carbonyl (C=O) groups is 1. The lowest BCUT2D eigenvalue weighted by molar-refractivity contribution is -0.116. The van der Waals surface area contributed by atoms with Gasteiger partial charge in [-0.2, -0.15) is 0 Å². The van der Waals surface area contributed by atoms with E-state index in [1.807, 2.05) is 19.1 Å². The number of benzene rings is 2. The molecule has 4 nitrogen and oxygen atoms in total. The van der Waals surface area contributed by atoms with E-state index >= 15 is 0 Å². The van der Waals surface area contributed by atoms with Crippen molar-refractivity contribution in [3.63, 3.8) is 0 Å². The van der Waals surface area contributed by atoms with Crippen LogP contribution >= 0.6 is 11.6 Å². The number of halogens is 1. The number of anilines is 1. The Kier molecular flexibility index (Phi) is 7.55. The Bertz CT molecular complexity index is 802. The number of ether oxygens (including phenoxy) is 2. The second kappa shape index (κ2) is 9.65. The van der Waals surface area contributed by atoms with Crippen molar-refractivity contribution in [3.05, 3.63) is 52.0 Å². The number of amides is 1. The number of methoxy groups -OCH3 is 1. The van der Waals surface area contributed by atoms with E-state index in [0.717, 1.165) is 11.3 Å². The molecule has 2 rings (SSSR count). The fourth-order valence-corrected chi connectivity index (χ4v) is 3.10. The van der Waals surface area contributed by atoms with Crippen molar-refractivity contribution in [2.75, 3.05) is 19.0 Å². The molecular formula is C22H28ClNO3. The number of carbonyl (C=O) groups excluding carboxylic acids is 1. The molecule has 0 unspecified atom stereocenters. The van der Waals surface area contributed by atoms with Gasteiger partial charge >= 0.3 is 0 Å². The number of rotatable bonds is 8. The molecule has 0 atom stereocenters. The summed E-state index contributed by atoms with van der Waals surface area (Å²) in [7, 11) is 1.55. The molecule has 0 heterocycles. The van der Waals surface area contributed by atoms with Crippen LogP contribution in [0, 0.1) is 13.8 Å². The first kappa shape index (κ1) is 21.1. The van der Waals surface area contributed by atoms with Crippen LogP contribution in [0.5, 0.6) is 11.5 Å². The summed E-state index contributed by atoms with van der Waals surface area (Å²) in [5.74, 6) is 1.81. The van der Waals surface area contributed by atoms with Crippen LogP contribution in [0.4, 0.5) is 5.69 Å². The Morgan fingerprint density at radius 1 is 1.15 bits per heavy atom. The van der Waals surface area contributed by atoms with Crippen molar-refractivity contribution in [2.45, 2.75) is 46.5 Å². The highest BCUT2D eigenvalue weighted by Crippen LogP contribution is 2.31. The summed E-state index contributed by atoms with van der Waals surface area (Å²) in [6, 6.07) is 9.67. The van der Waals surface area contributed by atoms with E-state index in [1.54, 1.807) is 13.2 Å². The van der Waals surface area contributed by atoms with Gasteiger partial charge in [-0.05, 0) is 61.1 Å². The van der Waals surface area contributed by atoms with Gasteiger partial charge in [0, 0.05) is 17.5 Å². The first-order chi connectivity index (χ1) is 12.8. The first-order valence-corrected chi connectivity index (χ1v) is 9.57. The molecular weight excluding hydrogens is 362 g/mol. The normalized spacial score (nSPS) is 10.8. The highest BCUT2D eigenvalue weighted by molar-refractivity contribution is 6.31.